The van der Waals surface area contributed by atoms with E-state index in [2.05, 4.69) is 5.32 Å². The first-order valence-corrected chi connectivity index (χ1v) is 4.96. The molecule has 1 amide bonds. The third-order valence-electron chi connectivity index (χ3n) is 2.30. The Morgan fingerprint density at radius 1 is 1.19 bits per heavy atom. The molecule has 78 valence electrons. The molecule has 0 unspecified atom stereocenters. The van der Waals surface area contributed by atoms with Crippen LogP contribution in [0.4, 0.5) is 5.69 Å². The van der Waals surface area contributed by atoms with Crippen molar-refractivity contribution in [2.45, 2.75) is 6.42 Å². The van der Waals surface area contributed by atoms with Crippen LogP contribution in [0.5, 0.6) is 0 Å². The lowest BCUT2D eigenvalue weighted by Crippen LogP contribution is -2.10. The number of carbonyl (C=O) groups excluding carboxylic acids is 1. The first-order chi connectivity index (χ1) is 7.81. The molecule has 0 heterocycles. The quantitative estimate of drug-likeness (QED) is 0.828. The lowest BCUT2D eigenvalue weighted by molar-refractivity contribution is -0.115. The zero-order valence-corrected chi connectivity index (χ0v) is 8.60. The Hall–Kier alpha value is -2.34. The fourth-order valence-corrected chi connectivity index (χ4v) is 1.60. The highest BCUT2D eigenvalue weighted by atomic mass is 16.1. The van der Waals surface area contributed by atoms with Gasteiger partial charge in [0, 0.05) is 11.1 Å². The summed E-state index contributed by atoms with van der Waals surface area (Å²) in [5.41, 5.74) is 0.748. The third kappa shape index (κ3) is 2.01. The highest BCUT2D eigenvalue weighted by molar-refractivity contribution is 6.02. The minimum Gasteiger partial charge on any atom is -0.325 e. The average Bonchev–Trinajstić information content (AvgIpc) is 2.30. The maximum Gasteiger partial charge on any atom is 0.238 e. The molecule has 2 aromatic carbocycles. The summed E-state index contributed by atoms with van der Waals surface area (Å²) in [4.78, 5) is 11.3. The number of rotatable bonds is 2. The van der Waals surface area contributed by atoms with Crippen molar-refractivity contribution in [3.8, 4) is 6.07 Å². The van der Waals surface area contributed by atoms with E-state index in [-0.39, 0.29) is 12.3 Å². The van der Waals surface area contributed by atoms with E-state index in [9.17, 15) is 4.79 Å². The third-order valence-corrected chi connectivity index (χ3v) is 2.30. The van der Waals surface area contributed by atoms with Crippen molar-refractivity contribution in [3.63, 3.8) is 0 Å². The fraction of sp³-hybridized carbons (Fsp3) is 0.0769. The molecular weight excluding hydrogens is 200 g/mol. The summed E-state index contributed by atoms with van der Waals surface area (Å²) in [6, 6.07) is 15.3. The van der Waals surface area contributed by atoms with Crippen molar-refractivity contribution in [2.75, 3.05) is 5.32 Å². The van der Waals surface area contributed by atoms with E-state index in [0.29, 0.717) is 0 Å². The highest BCUT2D eigenvalue weighted by Crippen LogP contribution is 2.22. The number of nitrogens with zero attached hydrogens (tertiary/aromatic N) is 1. The van der Waals surface area contributed by atoms with Crippen LogP contribution < -0.4 is 5.32 Å². The molecule has 16 heavy (non-hydrogen) atoms. The van der Waals surface area contributed by atoms with Gasteiger partial charge in [0.1, 0.15) is 6.42 Å². The van der Waals surface area contributed by atoms with Crippen LogP contribution in [0.2, 0.25) is 0 Å². The second kappa shape index (κ2) is 4.45. The molecule has 0 aromatic heterocycles. The fourth-order valence-electron chi connectivity index (χ4n) is 1.60. The molecule has 3 heteroatoms. The predicted octanol–water partition coefficient (Wildman–Crippen LogP) is 2.69. The lowest BCUT2D eigenvalue weighted by Gasteiger charge is -2.06. The van der Waals surface area contributed by atoms with Crippen LogP contribution in [0.3, 0.4) is 0 Å². The summed E-state index contributed by atoms with van der Waals surface area (Å²) in [5.74, 6) is -0.279. The summed E-state index contributed by atoms with van der Waals surface area (Å²) in [6.45, 7) is 0. The molecule has 0 aliphatic rings. The van der Waals surface area contributed by atoms with Crippen LogP contribution >= 0.6 is 0 Å². The Balaban J connectivity index is 2.38. The molecule has 1 N–H and O–H groups in total. The van der Waals surface area contributed by atoms with Crippen LogP contribution in [0, 0.1) is 11.3 Å². The van der Waals surface area contributed by atoms with Crippen LogP contribution in [0.25, 0.3) is 10.8 Å². The molecule has 0 bridgehead atoms. The number of hydrogen-bond donors (Lipinski definition) is 1. The van der Waals surface area contributed by atoms with Crippen molar-refractivity contribution < 1.29 is 4.79 Å². The maximum atomic E-state index is 11.3. The maximum absolute atomic E-state index is 11.3. The highest BCUT2D eigenvalue weighted by Gasteiger charge is 2.04. The van der Waals surface area contributed by atoms with Crippen LogP contribution in [0.1, 0.15) is 6.42 Å². The molecule has 0 aliphatic heterocycles. The van der Waals surface area contributed by atoms with Gasteiger partial charge in [0.05, 0.1) is 6.07 Å². The van der Waals surface area contributed by atoms with Crippen molar-refractivity contribution in [3.05, 3.63) is 42.5 Å². The first kappa shape index (κ1) is 10.2. The molecule has 0 fully saturated rings. The van der Waals surface area contributed by atoms with Crippen molar-refractivity contribution in [1.29, 1.82) is 5.26 Å². The second-order valence-corrected chi connectivity index (χ2v) is 3.41. The molecule has 2 aromatic rings. The van der Waals surface area contributed by atoms with E-state index in [1.807, 2.05) is 48.5 Å². The van der Waals surface area contributed by atoms with Gasteiger partial charge in [-0.1, -0.05) is 36.4 Å². The Kier molecular flexibility index (Phi) is 2.84. The van der Waals surface area contributed by atoms with Crippen LogP contribution in [-0.4, -0.2) is 5.91 Å². The van der Waals surface area contributed by atoms with E-state index in [4.69, 9.17) is 5.26 Å². The molecule has 0 spiro atoms. The summed E-state index contributed by atoms with van der Waals surface area (Å²) in [7, 11) is 0. The molecule has 3 nitrogen and oxygen atoms in total. The van der Waals surface area contributed by atoms with E-state index in [1.54, 1.807) is 0 Å². The summed E-state index contributed by atoms with van der Waals surface area (Å²) in [5, 5.41) is 13.2. The average molecular weight is 210 g/mol. The number of carbonyl (C=O) groups is 1. The van der Waals surface area contributed by atoms with Crippen LogP contribution in [-0.2, 0) is 4.79 Å². The normalized spacial score (nSPS) is 9.69. The summed E-state index contributed by atoms with van der Waals surface area (Å²) < 4.78 is 0. The molecule has 0 radical (unpaired) electrons. The topological polar surface area (TPSA) is 52.9 Å². The minimum atomic E-state index is -0.279. The number of amides is 1. The van der Waals surface area contributed by atoms with Gasteiger partial charge >= 0.3 is 0 Å². The molecule has 0 saturated heterocycles. The molecule has 0 aliphatic carbocycles. The monoisotopic (exact) mass is 210 g/mol. The standard InChI is InChI=1S/C13H10N2O/c14-9-8-13(16)15-12-7-3-5-10-4-1-2-6-11(10)12/h1-7H,8H2,(H,15,16). The predicted molar refractivity (Wildman–Crippen MR) is 62.8 cm³/mol. The van der Waals surface area contributed by atoms with Gasteiger partial charge in [-0.05, 0) is 11.5 Å². The Morgan fingerprint density at radius 2 is 1.94 bits per heavy atom. The van der Waals surface area contributed by atoms with Gasteiger partial charge in [-0.3, -0.25) is 4.79 Å². The summed E-state index contributed by atoms with van der Waals surface area (Å²) >= 11 is 0. The van der Waals surface area contributed by atoms with E-state index in [0.717, 1.165) is 16.5 Å². The molecule has 0 atom stereocenters. The second-order valence-electron chi connectivity index (χ2n) is 3.41. The smallest absolute Gasteiger partial charge is 0.238 e. The number of benzene rings is 2. The van der Waals surface area contributed by atoms with E-state index in [1.165, 1.54) is 0 Å². The van der Waals surface area contributed by atoms with Gasteiger partial charge < -0.3 is 5.32 Å². The number of anilines is 1. The summed E-state index contributed by atoms with van der Waals surface area (Å²) in [6.07, 6.45) is -0.122. The first-order valence-electron chi connectivity index (χ1n) is 4.96. The van der Waals surface area contributed by atoms with Crippen LogP contribution in [0.15, 0.2) is 42.5 Å². The zero-order valence-electron chi connectivity index (χ0n) is 8.60. The van der Waals surface area contributed by atoms with Gasteiger partial charge in [-0.15, -0.1) is 0 Å². The zero-order chi connectivity index (χ0) is 11.4. The van der Waals surface area contributed by atoms with Gasteiger partial charge in [0.2, 0.25) is 5.91 Å². The number of nitriles is 1. The largest absolute Gasteiger partial charge is 0.325 e. The molecule has 0 saturated carbocycles. The van der Waals surface area contributed by atoms with E-state index >= 15 is 0 Å². The van der Waals surface area contributed by atoms with Gasteiger partial charge in [-0.25, -0.2) is 0 Å². The Morgan fingerprint density at radius 3 is 2.75 bits per heavy atom. The number of hydrogen-bond acceptors (Lipinski definition) is 2. The SMILES string of the molecule is N#CCC(=O)Nc1cccc2ccccc12. The minimum absolute atomic E-state index is 0.122. The van der Waals surface area contributed by atoms with Gasteiger partial charge in [0.15, 0.2) is 0 Å². The van der Waals surface area contributed by atoms with Gasteiger partial charge in [0.25, 0.3) is 0 Å². The molecule has 2 rings (SSSR count). The number of fused-ring (bicyclic) bond motifs is 1. The van der Waals surface area contributed by atoms with E-state index < -0.39 is 0 Å². The van der Waals surface area contributed by atoms with Gasteiger partial charge in [-0.2, -0.15) is 5.26 Å². The Labute approximate surface area is 93.3 Å². The van der Waals surface area contributed by atoms with Crippen molar-refractivity contribution >= 4 is 22.4 Å². The van der Waals surface area contributed by atoms with Crippen molar-refractivity contribution in [1.82, 2.24) is 0 Å². The van der Waals surface area contributed by atoms with Crippen molar-refractivity contribution in [2.24, 2.45) is 0 Å². The Bertz CT molecular complexity index is 564. The number of nitrogens with one attached hydrogen (secondary N) is 1. The lowest BCUT2D eigenvalue weighted by atomic mass is 10.1. The molecular formula is C13H10N2O.